The lowest BCUT2D eigenvalue weighted by Gasteiger charge is -2.11. The van der Waals surface area contributed by atoms with Gasteiger partial charge in [-0.2, -0.15) is 0 Å². The summed E-state index contributed by atoms with van der Waals surface area (Å²) in [6, 6.07) is 9.55. The summed E-state index contributed by atoms with van der Waals surface area (Å²) in [6.07, 6.45) is 2.76. The van der Waals surface area contributed by atoms with Crippen LogP contribution in [0.4, 0.5) is 10.5 Å². The summed E-state index contributed by atoms with van der Waals surface area (Å²) in [4.78, 5) is 32.9. The Kier molecular flexibility index (Phi) is 5.10. The first kappa shape index (κ1) is 16.7. The molecule has 2 heterocycles. The summed E-state index contributed by atoms with van der Waals surface area (Å²) < 4.78 is 0. The molecule has 3 N–H and O–H groups in total. The number of oxime groups is 1. The number of pyridine rings is 1. The minimum atomic E-state index is -0.814. The second-order valence-corrected chi connectivity index (χ2v) is 5.59. The number of carbonyl (C=O) groups is 2. The summed E-state index contributed by atoms with van der Waals surface area (Å²) in [7, 11) is 0. The number of hydrogen-bond donors (Lipinski definition) is 3. The molecule has 0 saturated carbocycles. The normalized spacial score (nSPS) is 15.7. The summed E-state index contributed by atoms with van der Waals surface area (Å²) in [5.74, 6) is -0.506. The van der Waals surface area contributed by atoms with Crippen LogP contribution in [0, 0.1) is 0 Å². The SMILES string of the molecule is O=C(NNC(=O)[C@H]1CC(c2cccnc2)=NO1)Nc1ccc(Cl)cc1. The van der Waals surface area contributed by atoms with Gasteiger partial charge in [-0.1, -0.05) is 16.8 Å². The van der Waals surface area contributed by atoms with Crippen molar-refractivity contribution in [3.8, 4) is 0 Å². The zero-order valence-corrected chi connectivity index (χ0v) is 13.7. The monoisotopic (exact) mass is 359 g/mol. The average Bonchev–Trinajstić information content (AvgIpc) is 3.13. The molecule has 3 rings (SSSR count). The molecule has 8 nitrogen and oxygen atoms in total. The lowest BCUT2D eigenvalue weighted by Crippen LogP contribution is -2.48. The van der Waals surface area contributed by atoms with Crippen LogP contribution in [-0.4, -0.2) is 28.7 Å². The van der Waals surface area contributed by atoms with Gasteiger partial charge in [-0.3, -0.25) is 15.2 Å². The molecular weight excluding hydrogens is 346 g/mol. The standard InChI is InChI=1S/C16H14ClN5O3/c17-11-3-5-12(6-4-11)19-16(24)21-20-15(23)14-8-13(22-25-14)10-2-1-7-18-9-10/h1-7,9,14H,8H2,(H,20,23)(H2,19,21,24)/t14-/m1/s1. The predicted octanol–water partition coefficient (Wildman–Crippen LogP) is 2.08. The number of nitrogens with zero attached hydrogens (tertiary/aromatic N) is 2. The van der Waals surface area contributed by atoms with Crippen molar-refractivity contribution in [3.05, 3.63) is 59.4 Å². The molecule has 1 aromatic heterocycles. The molecule has 1 aliphatic rings. The van der Waals surface area contributed by atoms with Gasteiger partial charge in [0.25, 0.3) is 5.91 Å². The predicted molar refractivity (Wildman–Crippen MR) is 92.0 cm³/mol. The molecule has 0 saturated heterocycles. The molecular formula is C16H14ClN5O3. The number of amides is 3. The Hall–Kier alpha value is -3.13. The smallest absolute Gasteiger partial charge is 0.337 e. The highest BCUT2D eigenvalue weighted by Gasteiger charge is 2.29. The van der Waals surface area contributed by atoms with Gasteiger partial charge in [-0.25, -0.2) is 10.2 Å². The third-order valence-electron chi connectivity index (χ3n) is 3.36. The van der Waals surface area contributed by atoms with Crippen molar-refractivity contribution in [1.29, 1.82) is 0 Å². The van der Waals surface area contributed by atoms with Crippen LogP contribution in [0.25, 0.3) is 0 Å². The minimum Gasteiger partial charge on any atom is -0.382 e. The highest BCUT2D eigenvalue weighted by molar-refractivity contribution is 6.30. The molecule has 0 fully saturated rings. The van der Waals surface area contributed by atoms with Crippen LogP contribution < -0.4 is 16.2 Å². The molecule has 1 aliphatic heterocycles. The second-order valence-electron chi connectivity index (χ2n) is 5.15. The Morgan fingerprint density at radius 1 is 1.16 bits per heavy atom. The van der Waals surface area contributed by atoms with E-state index < -0.39 is 18.0 Å². The fraction of sp³-hybridized carbons (Fsp3) is 0.125. The number of carbonyl (C=O) groups excluding carboxylic acids is 2. The van der Waals surface area contributed by atoms with Gasteiger partial charge in [0.2, 0.25) is 6.10 Å². The Morgan fingerprint density at radius 2 is 1.96 bits per heavy atom. The van der Waals surface area contributed by atoms with Crippen LogP contribution in [-0.2, 0) is 9.63 Å². The van der Waals surface area contributed by atoms with Gasteiger partial charge in [0, 0.05) is 35.1 Å². The highest BCUT2D eigenvalue weighted by atomic mass is 35.5. The highest BCUT2D eigenvalue weighted by Crippen LogP contribution is 2.16. The van der Waals surface area contributed by atoms with Crippen LogP contribution >= 0.6 is 11.6 Å². The van der Waals surface area contributed by atoms with Gasteiger partial charge >= 0.3 is 6.03 Å². The molecule has 9 heteroatoms. The largest absolute Gasteiger partial charge is 0.382 e. The first-order valence-electron chi connectivity index (χ1n) is 7.37. The molecule has 1 atom stereocenters. The molecule has 0 spiro atoms. The topological polar surface area (TPSA) is 105 Å². The molecule has 0 aliphatic carbocycles. The fourth-order valence-electron chi connectivity index (χ4n) is 2.12. The first-order valence-corrected chi connectivity index (χ1v) is 7.75. The Bertz CT molecular complexity index is 795. The second kappa shape index (κ2) is 7.63. The average molecular weight is 360 g/mol. The van der Waals surface area contributed by atoms with Crippen molar-refractivity contribution in [2.24, 2.45) is 5.16 Å². The number of hydrazine groups is 1. The quantitative estimate of drug-likeness (QED) is 0.729. The molecule has 25 heavy (non-hydrogen) atoms. The molecule has 3 amide bonds. The lowest BCUT2D eigenvalue weighted by atomic mass is 10.1. The number of halogens is 1. The van der Waals surface area contributed by atoms with E-state index in [4.69, 9.17) is 16.4 Å². The fourth-order valence-corrected chi connectivity index (χ4v) is 2.24. The van der Waals surface area contributed by atoms with Gasteiger partial charge < -0.3 is 10.2 Å². The van der Waals surface area contributed by atoms with Crippen LogP contribution in [0.1, 0.15) is 12.0 Å². The molecule has 0 bridgehead atoms. The van der Waals surface area contributed by atoms with E-state index in [9.17, 15) is 9.59 Å². The van der Waals surface area contributed by atoms with E-state index in [1.807, 2.05) is 6.07 Å². The Labute approximate surface area is 148 Å². The zero-order valence-electron chi connectivity index (χ0n) is 12.9. The Morgan fingerprint density at radius 3 is 2.68 bits per heavy atom. The van der Waals surface area contributed by atoms with E-state index in [1.54, 1.807) is 42.7 Å². The number of hydrogen-bond acceptors (Lipinski definition) is 5. The van der Waals surface area contributed by atoms with E-state index in [0.29, 0.717) is 16.4 Å². The maximum absolute atomic E-state index is 12.0. The van der Waals surface area contributed by atoms with E-state index in [1.165, 1.54) is 0 Å². The van der Waals surface area contributed by atoms with Gasteiger partial charge in [-0.05, 0) is 36.4 Å². The van der Waals surface area contributed by atoms with E-state index in [-0.39, 0.29) is 6.42 Å². The maximum atomic E-state index is 12.0. The molecule has 2 aromatic rings. The van der Waals surface area contributed by atoms with Gasteiger partial charge in [0.1, 0.15) is 0 Å². The maximum Gasteiger partial charge on any atom is 0.337 e. The number of benzene rings is 1. The number of nitrogens with one attached hydrogen (secondary N) is 3. The number of rotatable bonds is 3. The van der Waals surface area contributed by atoms with Crippen LogP contribution in [0.15, 0.2) is 53.9 Å². The van der Waals surface area contributed by atoms with Crippen LogP contribution in [0.5, 0.6) is 0 Å². The molecule has 0 radical (unpaired) electrons. The summed E-state index contributed by atoms with van der Waals surface area (Å²) >= 11 is 5.77. The van der Waals surface area contributed by atoms with Crippen molar-refractivity contribution < 1.29 is 14.4 Å². The lowest BCUT2D eigenvalue weighted by molar-refractivity contribution is -0.131. The van der Waals surface area contributed by atoms with Crippen molar-refractivity contribution in [2.75, 3.05) is 5.32 Å². The van der Waals surface area contributed by atoms with E-state index >= 15 is 0 Å². The van der Waals surface area contributed by atoms with Gasteiger partial charge in [0.15, 0.2) is 0 Å². The van der Waals surface area contributed by atoms with E-state index in [2.05, 4.69) is 26.3 Å². The third-order valence-corrected chi connectivity index (χ3v) is 3.61. The Balaban J connectivity index is 1.45. The molecule has 128 valence electrons. The zero-order chi connectivity index (χ0) is 17.6. The van der Waals surface area contributed by atoms with Crippen molar-refractivity contribution in [3.63, 3.8) is 0 Å². The van der Waals surface area contributed by atoms with E-state index in [0.717, 1.165) is 5.56 Å². The third kappa shape index (κ3) is 4.45. The number of anilines is 1. The first-order chi connectivity index (χ1) is 12.1. The van der Waals surface area contributed by atoms with Crippen LogP contribution in [0.2, 0.25) is 5.02 Å². The molecule has 1 aromatic carbocycles. The van der Waals surface area contributed by atoms with Crippen molar-refractivity contribution in [1.82, 2.24) is 15.8 Å². The summed E-state index contributed by atoms with van der Waals surface area (Å²) in [5, 5.41) is 6.99. The summed E-state index contributed by atoms with van der Waals surface area (Å²) in [5.41, 5.74) is 6.48. The summed E-state index contributed by atoms with van der Waals surface area (Å²) in [6.45, 7) is 0. The van der Waals surface area contributed by atoms with Crippen molar-refractivity contribution >= 4 is 34.9 Å². The van der Waals surface area contributed by atoms with Gasteiger partial charge in [0.05, 0.1) is 5.71 Å². The van der Waals surface area contributed by atoms with Gasteiger partial charge in [-0.15, -0.1) is 0 Å². The molecule has 0 unspecified atom stereocenters. The minimum absolute atomic E-state index is 0.290. The van der Waals surface area contributed by atoms with Crippen LogP contribution in [0.3, 0.4) is 0 Å². The van der Waals surface area contributed by atoms with Crippen molar-refractivity contribution in [2.45, 2.75) is 12.5 Å². The number of aromatic nitrogens is 1. The number of urea groups is 1.